The lowest BCUT2D eigenvalue weighted by atomic mass is 10.2. The molecular formula is C9H20BrNO. The monoisotopic (exact) mass is 237 g/mol. The van der Waals surface area contributed by atoms with E-state index in [0.717, 1.165) is 19.6 Å². The van der Waals surface area contributed by atoms with Gasteiger partial charge in [0.1, 0.15) is 0 Å². The molecule has 0 aromatic heterocycles. The smallest absolute Gasteiger partial charge is 0.0474 e. The van der Waals surface area contributed by atoms with E-state index in [9.17, 15) is 0 Å². The van der Waals surface area contributed by atoms with Gasteiger partial charge in [-0.1, -0.05) is 22.9 Å². The highest BCUT2D eigenvalue weighted by Gasteiger charge is 2.03. The average Bonchev–Trinajstić information content (AvgIpc) is 1.97. The van der Waals surface area contributed by atoms with Crippen molar-refractivity contribution in [3.63, 3.8) is 0 Å². The molecule has 1 N–H and O–H groups in total. The normalized spacial score (nSPS) is 16.0. The molecule has 0 rings (SSSR count). The molecule has 0 saturated heterocycles. The quantitative estimate of drug-likeness (QED) is 0.542. The second-order valence-corrected chi connectivity index (χ2v) is 4.78. The van der Waals surface area contributed by atoms with Crippen LogP contribution in [0, 0.1) is 0 Å². The maximum atomic E-state index is 4.96. The van der Waals surface area contributed by atoms with Gasteiger partial charge in [0.2, 0.25) is 0 Å². The Bertz CT molecular complexity index is 98.5. The zero-order valence-corrected chi connectivity index (χ0v) is 9.86. The van der Waals surface area contributed by atoms with Crippen LogP contribution in [0.3, 0.4) is 0 Å². The molecule has 0 aliphatic rings. The summed E-state index contributed by atoms with van der Waals surface area (Å²) in [5.41, 5.74) is 0. The van der Waals surface area contributed by atoms with Crippen LogP contribution in [-0.2, 0) is 4.74 Å². The van der Waals surface area contributed by atoms with Crippen molar-refractivity contribution in [3.05, 3.63) is 0 Å². The van der Waals surface area contributed by atoms with E-state index < -0.39 is 0 Å². The average molecular weight is 238 g/mol. The van der Waals surface area contributed by atoms with Crippen molar-refractivity contribution < 1.29 is 4.74 Å². The van der Waals surface area contributed by atoms with Gasteiger partial charge < -0.3 is 10.1 Å². The van der Waals surface area contributed by atoms with Crippen molar-refractivity contribution in [2.45, 2.75) is 37.6 Å². The molecule has 0 bridgehead atoms. The standard InChI is InChI=1S/C9H20BrNO/c1-8(10)7-9(2)11-5-4-6-12-3/h8-9,11H,4-7H2,1-3H3. The molecule has 0 spiro atoms. The molecule has 0 aromatic rings. The predicted molar refractivity (Wildman–Crippen MR) is 57.0 cm³/mol. The van der Waals surface area contributed by atoms with Crippen molar-refractivity contribution in [2.75, 3.05) is 20.3 Å². The highest BCUT2D eigenvalue weighted by molar-refractivity contribution is 9.09. The minimum absolute atomic E-state index is 0.594. The Labute approximate surface area is 84.2 Å². The predicted octanol–water partition coefficient (Wildman–Crippen LogP) is 2.17. The third kappa shape index (κ3) is 8.50. The molecule has 2 atom stereocenters. The van der Waals surface area contributed by atoms with E-state index in [2.05, 4.69) is 35.1 Å². The van der Waals surface area contributed by atoms with Gasteiger partial charge in [-0.15, -0.1) is 0 Å². The fourth-order valence-electron chi connectivity index (χ4n) is 1.14. The van der Waals surface area contributed by atoms with E-state index in [-0.39, 0.29) is 0 Å². The highest BCUT2D eigenvalue weighted by Crippen LogP contribution is 2.06. The minimum Gasteiger partial charge on any atom is -0.385 e. The summed E-state index contributed by atoms with van der Waals surface area (Å²) >= 11 is 3.53. The van der Waals surface area contributed by atoms with E-state index in [1.165, 1.54) is 6.42 Å². The first-order chi connectivity index (χ1) is 5.66. The van der Waals surface area contributed by atoms with Crippen molar-refractivity contribution in [3.8, 4) is 0 Å². The Morgan fingerprint density at radius 2 is 2.08 bits per heavy atom. The summed E-state index contributed by atoms with van der Waals surface area (Å²) in [6.45, 7) is 6.29. The van der Waals surface area contributed by atoms with E-state index in [4.69, 9.17) is 4.74 Å². The van der Waals surface area contributed by atoms with Gasteiger partial charge in [-0.3, -0.25) is 0 Å². The first-order valence-corrected chi connectivity index (χ1v) is 5.44. The second kappa shape index (κ2) is 8.02. The summed E-state index contributed by atoms with van der Waals surface area (Å²) in [4.78, 5) is 0.599. The molecule has 0 heterocycles. The molecule has 0 radical (unpaired) electrons. The fraction of sp³-hybridized carbons (Fsp3) is 1.00. The van der Waals surface area contributed by atoms with Crippen LogP contribution < -0.4 is 5.32 Å². The fourth-order valence-corrected chi connectivity index (χ4v) is 1.70. The largest absolute Gasteiger partial charge is 0.385 e. The van der Waals surface area contributed by atoms with Crippen LogP contribution in [-0.4, -0.2) is 31.1 Å². The number of methoxy groups -OCH3 is 1. The summed E-state index contributed by atoms with van der Waals surface area (Å²) < 4.78 is 4.96. The summed E-state index contributed by atoms with van der Waals surface area (Å²) in [5, 5.41) is 3.44. The van der Waals surface area contributed by atoms with Crippen LogP contribution >= 0.6 is 15.9 Å². The lowest BCUT2D eigenvalue weighted by molar-refractivity contribution is 0.193. The van der Waals surface area contributed by atoms with E-state index in [0.29, 0.717) is 10.9 Å². The van der Waals surface area contributed by atoms with Crippen molar-refractivity contribution in [1.82, 2.24) is 5.32 Å². The lowest BCUT2D eigenvalue weighted by Gasteiger charge is -2.14. The van der Waals surface area contributed by atoms with Gasteiger partial charge in [0.15, 0.2) is 0 Å². The SMILES string of the molecule is COCCCNC(C)CC(C)Br. The van der Waals surface area contributed by atoms with E-state index >= 15 is 0 Å². The Morgan fingerprint density at radius 3 is 2.58 bits per heavy atom. The van der Waals surface area contributed by atoms with Crippen molar-refractivity contribution >= 4 is 15.9 Å². The molecule has 2 nitrogen and oxygen atoms in total. The van der Waals surface area contributed by atoms with Crippen LogP contribution in [0.1, 0.15) is 26.7 Å². The van der Waals surface area contributed by atoms with Crippen LogP contribution in [0.25, 0.3) is 0 Å². The first-order valence-electron chi connectivity index (χ1n) is 4.53. The zero-order chi connectivity index (χ0) is 9.40. The Balaban J connectivity index is 3.14. The van der Waals surface area contributed by atoms with Crippen molar-refractivity contribution in [1.29, 1.82) is 0 Å². The van der Waals surface area contributed by atoms with Gasteiger partial charge in [0.25, 0.3) is 0 Å². The number of hydrogen-bond donors (Lipinski definition) is 1. The molecule has 2 unspecified atom stereocenters. The van der Waals surface area contributed by atoms with Gasteiger partial charge >= 0.3 is 0 Å². The maximum absolute atomic E-state index is 4.96. The summed E-state index contributed by atoms with van der Waals surface area (Å²) in [6, 6.07) is 0.594. The summed E-state index contributed by atoms with van der Waals surface area (Å²) in [7, 11) is 1.74. The molecule has 0 amide bonds. The van der Waals surface area contributed by atoms with Gasteiger partial charge in [-0.25, -0.2) is 0 Å². The Hall–Kier alpha value is 0.400. The van der Waals surface area contributed by atoms with Gasteiger partial charge in [-0.2, -0.15) is 0 Å². The van der Waals surface area contributed by atoms with Gasteiger partial charge in [0.05, 0.1) is 0 Å². The summed E-state index contributed by atoms with van der Waals surface area (Å²) in [5.74, 6) is 0. The molecule has 0 aromatic carbocycles. The number of rotatable bonds is 7. The van der Waals surface area contributed by atoms with Crippen LogP contribution in [0.15, 0.2) is 0 Å². The van der Waals surface area contributed by atoms with Crippen LogP contribution in [0.2, 0.25) is 0 Å². The number of alkyl halides is 1. The summed E-state index contributed by atoms with van der Waals surface area (Å²) in [6.07, 6.45) is 2.27. The molecular weight excluding hydrogens is 218 g/mol. The third-order valence-electron chi connectivity index (χ3n) is 1.70. The molecule has 0 aliphatic carbocycles. The Kier molecular flexibility index (Phi) is 8.29. The van der Waals surface area contributed by atoms with Crippen molar-refractivity contribution in [2.24, 2.45) is 0 Å². The van der Waals surface area contributed by atoms with E-state index in [1.54, 1.807) is 7.11 Å². The molecule has 3 heteroatoms. The molecule has 0 saturated carbocycles. The number of ether oxygens (including phenoxy) is 1. The molecule has 74 valence electrons. The number of nitrogens with one attached hydrogen (secondary N) is 1. The maximum Gasteiger partial charge on any atom is 0.0474 e. The molecule has 0 aliphatic heterocycles. The zero-order valence-electron chi connectivity index (χ0n) is 8.27. The number of hydrogen-bond acceptors (Lipinski definition) is 2. The molecule has 0 fully saturated rings. The van der Waals surface area contributed by atoms with Crippen LogP contribution in [0.4, 0.5) is 0 Å². The number of halogens is 1. The third-order valence-corrected chi connectivity index (χ3v) is 2.07. The molecule has 12 heavy (non-hydrogen) atoms. The van der Waals surface area contributed by atoms with Crippen LogP contribution in [0.5, 0.6) is 0 Å². The minimum atomic E-state index is 0.594. The highest BCUT2D eigenvalue weighted by atomic mass is 79.9. The van der Waals surface area contributed by atoms with E-state index in [1.807, 2.05) is 0 Å². The van der Waals surface area contributed by atoms with Gasteiger partial charge in [0, 0.05) is 24.6 Å². The second-order valence-electron chi connectivity index (χ2n) is 3.22. The first kappa shape index (κ1) is 12.4. The lowest BCUT2D eigenvalue weighted by Crippen LogP contribution is -2.29. The topological polar surface area (TPSA) is 21.3 Å². The van der Waals surface area contributed by atoms with Gasteiger partial charge in [-0.05, 0) is 26.3 Å². The Morgan fingerprint density at radius 1 is 1.42 bits per heavy atom.